The van der Waals surface area contributed by atoms with Crippen molar-refractivity contribution in [2.24, 2.45) is 5.92 Å². The zero-order valence-corrected chi connectivity index (χ0v) is 16.0. The number of benzene rings is 1. The Bertz CT molecular complexity index is 718. The van der Waals surface area contributed by atoms with Gasteiger partial charge in [0.05, 0.1) is 18.2 Å². The summed E-state index contributed by atoms with van der Waals surface area (Å²) in [6.07, 6.45) is -0.0174. The molecule has 1 aromatic rings. The highest BCUT2D eigenvalue weighted by Gasteiger charge is 2.33. The minimum atomic E-state index is -4.30. The molecule has 2 aliphatic rings. The Morgan fingerprint density at radius 1 is 1.21 bits per heavy atom. The summed E-state index contributed by atoms with van der Waals surface area (Å²) in [4.78, 5) is 14.1. The summed E-state index contributed by atoms with van der Waals surface area (Å²) in [7, 11) is 0. The van der Waals surface area contributed by atoms with E-state index in [1.54, 1.807) is 17.0 Å². The van der Waals surface area contributed by atoms with Gasteiger partial charge in [-0.25, -0.2) is 0 Å². The summed E-state index contributed by atoms with van der Waals surface area (Å²) < 4.78 is 38.1. The van der Waals surface area contributed by atoms with Crippen LogP contribution in [0.1, 0.15) is 56.1 Å². The number of alkyl halides is 3. The van der Waals surface area contributed by atoms with Crippen molar-refractivity contribution < 1.29 is 18.0 Å². The Labute approximate surface area is 163 Å². The number of hydrogen-bond donors (Lipinski definition) is 1. The lowest BCUT2D eigenvalue weighted by molar-refractivity contribution is -0.137. The molecule has 1 saturated carbocycles. The van der Waals surface area contributed by atoms with Crippen molar-refractivity contribution >= 4 is 5.91 Å². The molecule has 152 valence electrons. The second-order valence-corrected chi connectivity index (χ2v) is 8.08. The van der Waals surface area contributed by atoms with Gasteiger partial charge in [0.2, 0.25) is 5.91 Å². The van der Waals surface area contributed by atoms with E-state index in [1.807, 2.05) is 6.92 Å². The van der Waals surface area contributed by atoms with Crippen LogP contribution in [0.3, 0.4) is 0 Å². The Morgan fingerprint density at radius 2 is 1.86 bits per heavy atom. The monoisotopic (exact) mass is 393 g/mol. The van der Waals surface area contributed by atoms with E-state index in [0.29, 0.717) is 12.5 Å². The number of likely N-dealkylation sites (tertiary alicyclic amines) is 1. The van der Waals surface area contributed by atoms with Crippen molar-refractivity contribution in [1.82, 2.24) is 10.2 Å². The molecule has 1 amide bonds. The molecule has 0 bridgehead atoms. The predicted molar refractivity (Wildman–Crippen MR) is 99.3 cm³/mol. The summed E-state index contributed by atoms with van der Waals surface area (Å²) >= 11 is 0. The second kappa shape index (κ2) is 8.52. The first-order chi connectivity index (χ1) is 13.3. The molecule has 3 rings (SSSR count). The largest absolute Gasteiger partial charge is 0.416 e. The van der Waals surface area contributed by atoms with Crippen molar-refractivity contribution in [1.29, 1.82) is 5.26 Å². The summed E-state index contributed by atoms with van der Waals surface area (Å²) in [6, 6.07) is 7.60. The van der Waals surface area contributed by atoms with E-state index in [0.717, 1.165) is 49.8 Å². The molecule has 1 heterocycles. The van der Waals surface area contributed by atoms with Crippen LogP contribution < -0.4 is 5.32 Å². The first kappa shape index (κ1) is 20.7. The molecule has 0 radical (unpaired) electrons. The zero-order chi connectivity index (χ0) is 20.3. The van der Waals surface area contributed by atoms with Gasteiger partial charge in [0.15, 0.2) is 0 Å². The molecule has 28 heavy (non-hydrogen) atoms. The van der Waals surface area contributed by atoms with Gasteiger partial charge in [0.25, 0.3) is 0 Å². The fourth-order valence-electron chi connectivity index (χ4n) is 4.35. The van der Waals surface area contributed by atoms with E-state index in [9.17, 15) is 23.2 Å². The molecule has 4 nitrogen and oxygen atoms in total. The van der Waals surface area contributed by atoms with Crippen LogP contribution in [0.2, 0.25) is 0 Å². The van der Waals surface area contributed by atoms with E-state index in [-0.39, 0.29) is 30.5 Å². The van der Waals surface area contributed by atoms with Crippen LogP contribution >= 0.6 is 0 Å². The molecule has 0 spiro atoms. The summed E-state index contributed by atoms with van der Waals surface area (Å²) in [5.41, 5.74) is 0.336. The van der Waals surface area contributed by atoms with Crippen LogP contribution in [0.4, 0.5) is 13.2 Å². The summed E-state index contributed by atoms with van der Waals surface area (Å²) in [6.45, 7) is 2.92. The lowest BCUT2D eigenvalue weighted by atomic mass is 9.81. The molecule has 2 atom stereocenters. The highest BCUT2D eigenvalue weighted by Crippen LogP contribution is 2.35. The van der Waals surface area contributed by atoms with Crippen LogP contribution in [0.25, 0.3) is 0 Å². The van der Waals surface area contributed by atoms with Gasteiger partial charge >= 0.3 is 6.18 Å². The van der Waals surface area contributed by atoms with Gasteiger partial charge in [0.1, 0.15) is 6.04 Å². The van der Waals surface area contributed by atoms with E-state index in [4.69, 9.17) is 0 Å². The minimum absolute atomic E-state index is 0.0271. The molecule has 1 N–H and O–H groups in total. The standard InChI is InChI=1S/C21H26F3N3O/c1-14-10-19(11-25)27(13-14)20(28)12-26-18-8-4-16(5-9-18)15-2-6-17(7-3-15)21(22,23)24/h2-3,6-7,14,16,18-19,26H,4-5,8-10,12-13H2,1H3/t14-,16?,18?,19-/m0/s1. The van der Waals surface area contributed by atoms with E-state index in [2.05, 4.69) is 11.4 Å². The van der Waals surface area contributed by atoms with Gasteiger partial charge in [0, 0.05) is 12.6 Å². The smallest absolute Gasteiger partial charge is 0.325 e. The third-order valence-corrected chi connectivity index (χ3v) is 5.96. The van der Waals surface area contributed by atoms with Crippen LogP contribution in [-0.4, -0.2) is 36.0 Å². The lowest BCUT2D eigenvalue weighted by Gasteiger charge is -2.30. The van der Waals surface area contributed by atoms with E-state index < -0.39 is 11.7 Å². The Hall–Kier alpha value is -2.07. The average molecular weight is 393 g/mol. The number of nitrogens with zero attached hydrogens (tertiary/aromatic N) is 2. The maximum atomic E-state index is 12.7. The van der Waals surface area contributed by atoms with Crippen molar-refractivity contribution in [2.75, 3.05) is 13.1 Å². The van der Waals surface area contributed by atoms with Crippen molar-refractivity contribution in [2.45, 2.75) is 63.2 Å². The maximum Gasteiger partial charge on any atom is 0.416 e. The SMILES string of the molecule is C[C@H]1C[C@@H](C#N)N(C(=O)CNC2CCC(c3ccc(C(F)(F)F)cc3)CC2)C1. The van der Waals surface area contributed by atoms with Gasteiger partial charge < -0.3 is 10.2 Å². The molecule has 1 aromatic carbocycles. The molecule has 1 saturated heterocycles. The van der Waals surface area contributed by atoms with Crippen LogP contribution in [0.15, 0.2) is 24.3 Å². The Morgan fingerprint density at radius 3 is 2.43 bits per heavy atom. The van der Waals surface area contributed by atoms with Crippen molar-refractivity contribution in [3.63, 3.8) is 0 Å². The average Bonchev–Trinajstić information content (AvgIpc) is 3.07. The van der Waals surface area contributed by atoms with Gasteiger partial charge in [-0.15, -0.1) is 0 Å². The number of nitriles is 1. The first-order valence-electron chi connectivity index (χ1n) is 9.87. The number of nitrogens with one attached hydrogen (secondary N) is 1. The summed E-state index contributed by atoms with van der Waals surface area (Å²) in [5.74, 6) is 0.590. The van der Waals surface area contributed by atoms with Gasteiger partial charge in [-0.05, 0) is 61.6 Å². The quantitative estimate of drug-likeness (QED) is 0.839. The maximum absolute atomic E-state index is 12.7. The fourth-order valence-corrected chi connectivity index (χ4v) is 4.35. The topological polar surface area (TPSA) is 56.1 Å². The number of halogens is 3. The number of rotatable bonds is 4. The van der Waals surface area contributed by atoms with E-state index >= 15 is 0 Å². The normalized spacial score (nSPS) is 28.2. The number of carbonyl (C=O) groups is 1. The molecular formula is C21H26F3N3O. The van der Waals surface area contributed by atoms with Crippen molar-refractivity contribution in [3.05, 3.63) is 35.4 Å². The molecule has 0 unspecified atom stereocenters. The van der Waals surface area contributed by atoms with Gasteiger partial charge in [-0.2, -0.15) is 18.4 Å². The molecule has 1 aliphatic carbocycles. The third kappa shape index (κ3) is 4.85. The minimum Gasteiger partial charge on any atom is -0.325 e. The van der Waals surface area contributed by atoms with Gasteiger partial charge in [-0.3, -0.25) is 4.79 Å². The first-order valence-corrected chi connectivity index (χ1v) is 9.87. The molecule has 2 fully saturated rings. The van der Waals surface area contributed by atoms with Gasteiger partial charge in [-0.1, -0.05) is 19.1 Å². The summed E-state index contributed by atoms with van der Waals surface area (Å²) in [5, 5.41) is 12.5. The number of carbonyl (C=O) groups excluding carboxylic acids is 1. The van der Waals surface area contributed by atoms with Crippen LogP contribution in [-0.2, 0) is 11.0 Å². The lowest BCUT2D eigenvalue weighted by Crippen LogP contribution is -2.44. The molecule has 0 aromatic heterocycles. The molecular weight excluding hydrogens is 367 g/mol. The van der Waals surface area contributed by atoms with Crippen molar-refractivity contribution in [3.8, 4) is 6.07 Å². The van der Waals surface area contributed by atoms with E-state index in [1.165, 1.54) is 0 Å². The Balaban J connectivity index is 1.45. The predicted octanol–water partition coefficient (Wildman–Crippen LogP) is 4.08. The fraction of sp³-hybridized carbons (Fsp3) is 0.619. The molecule has 1 aliphatic heterocycles. The highest BCUT2D eigenvalue weighted by atomic mass is 19.4. The Kier molecular flexibility index (Phi) is 6.29. The van der Waals surface area contributed by atoms with Crippen LogP contribution in [0.5, 0.6) is 0 Å². The number of hydrogen-bond acceptors (Lipinski definition) is 3. The second-order valence-electron chi connectivity index (χ2n) is 8.08. The third-order valence-electron chi connectivity index (χ3n) is 5.96. The zero-order valence-electron chi connectivity index (χ0n) is 16.0. The highest BCUT2D eigenvalue weighted by molar-refractivity contribution is 5.79. The van der Waals surface area contributed by atoms with Crippen LogP contribution in [0, 0.1) is 17.2 Å². The molecule has 7 heteroatoms. The number of amides is 1.